The monoisotopic (exact) mass is 640 g/mol. The highest BCUT2D eigenvalue weighted by molar-refractivity contribution is 8.15. The van der Waals surface area contributed by atoms with Crippen molar-refractivity contribution in [2.45, 2.75) is 26.3 Å². The lowest BCUT2D eigenvalue weighted by molar-refractivity contribution is -0.274. The van der Waals surface area contributed by atoms with Gasteiger partial charge in [0.1, 0.15) is 17.8 Å². The van der Waals surface area contributed by atoms with Crippen molar-refractivity contribution in [3.8, 4) is 28.6 Å². The van der Waals surface area contributed by atoms with Gasteiger partial charge in [-0.05, 0) is 67.9 Å². The number of aromatic nitrogens is 3. The highest BCUT2D eigenvalue weighted by atomic mass is 32.2. The summed E-state index contributed by atoms with van der Waals surface area (Å²) in [7, 11) is 3.01. The van der Waals surface area contributed by atoms with E-state index in [2.05, 4.69) is 25.1 Å². The highest BCUT2D eigenvalue weighted by Crippen LogP contribution is 2.35. The van der Waals surface area contributed by atoms with Crippen LogP contribution in [0.4, 0.5) is 29.3 Å². The van der Waals surface area contributed by atoms with Crippen molar-refractivity contribution in [2.75, 3.05) is 30.2 Å². The predicted molar refractivity (Wildman–Crippen MR) is 163 cm³/mol. The van der Waals surface area contributed by atoms with Gasteiger partial charge in [0.25, 0.3) is 0 Å². The Morgan fingerprint density at radius 2 is 1.84 bits per heavy atom. The molecular weight excluding hydrogens is 613 g/mol. The standard InChI is InChI=1S/C30H27F3N6O5S/c1-17-5-11-22(18(2)42-3)24(13-17)39-26(40)15-45-29(39)36-28(41)35-23-12-6-19(14-25(23)43-4)27-34-16-38(37-27)20-7-9-21(10-8-20)44-30(31,32)33/h5-14,16,18H,15H2,1-4H3,(H,35,41)/b36-29-. The van der Waals surface area contributed by atoms with Gasteiger partial charge in [0.2, 0.25) is 5.91 Å². The van der Waals surface area contributed by atoms with Gasteiger partial charge in [-0.1, -0.05) is 23.9 Å². The lowest BCUT2D eigenvalue weighted by Gasteiger charge is -2.23. The van der Waals surface area contributed by atoms with Gasteiger partial charge >= 0.3 is 12.4 Å². The number of methoxy groups -OCH3 is 2. The molecule has 2 heterocycles. The van der Waals surface area contributed by atoms with Crippen molar-refractivity contribution >= 4 is 40.2 Å². The zero-order valence-electron chi connectivity index (χ0n) is 24.5. The number of nitrogens with zero attached hydrogens (tertiary/aromatic N) is 5. The van der Waals surface area contributed by atoms with Crippen LogP contribution in [-0.4, -0.2) is 58.2 Å². The summed E-state index contributed by atoms with van der Waals surface area (Å²) < 4.78 is 53.6. The lowest BCUT2D eigenvalue weighted by Crippen LogP contribution is -2.31. The second-order valence-corrected chi connectivity index (χ2v) is 10.7. The van der Waals surface area contributed by atoms with Gasteiger partial charge < -0.3 is 19.5 Å². The highest BCUT2D eigenvalue weighted by Gasteiger charge is 2.33. The number of ether oxygens (including phenoxy) is 3. The quantitative estimate of drug-likeness (QED) is 0.231. The maximum atomic E-state index is 13.0. The molecular formula is C30H27F3N6O5S. The maximum Gasteiger partial charge on any atom is 0.573 e. The number of alkyl halides is 3. The third-order valence-electron chi connectivity index (χ3n) is 6.71. The fraction of sp³-hybridized carbons (Fsp3) is 0.233. The molecule has 0 bridgehead atoms. The number of carbonyl (C=O) groups is 2. The summed E-state index contributed by atoms with van der Waals surface area (Å²) in [4.78, 5) is 35.9. The summed E-state index contributed by atoms with van der Waals surface area (Å²) in [5, 5.41) is 7.33. The number of rotatable bonds is 8. The third kappa shape index (κ3) is 7.26. The van der Waals surface area contributed by atoms with Gasteiger partial charge in [0, 0.05) is 18.2 Å². The summed E-state index contributed by atoms with van der Waals surface area (Å²) in [6, 6.07) is 15.0. The van der Waals surface area contributed by atoms with E-state index in [1.54, 1.807) is 25.3 Å². The van der Waals surface area contributed by atoms with Gasteiger partial charge in [-0.2, -0.15) is 4.99 Å². The Morgan fingerprint density at radius 3 is 2.53 bits per heavy atom. The Labute approximate surface area is 260 Å². The molecule has 1 aromatic heterocycles. The van der Waals surface area contributed by atoms with Crippen LogP contribution in [-0.2, 0) is 9.53 Å². The average molecular weight is 641 g/mol. The molecule has 1 aliphatic heterocycles. The molecule has 4 aromatic rings. The first-order valence-electron chi connectivity index (χ1n) is 13.4. The van der Waals surface area contributed by atoms with E-state index in [1.807, 2.05) is 32.0 Å². The van der Waals surface area contributed by atoms with Crippen LogP contribution in [0.15, 0.2) is 72.0 Å². The number of aryl methyl sites for hydroxylation is 1. The second kappa shape index (κ2) is 13.0. The number of amides is 3. The Hall–Kier alpha value is -4.89. The molecule has 1 aliphatic rings. The molecule has 11 nitrogen and oxygen atoms in total. The number of hydrogen-bond donors (Lipinski definition) is 1. The maximum absolute atomic E-state index is 13.0. The molecule has 1 saturated heterocycles. The number of hydrogen-bond acceptors (Lipinski definition) is 8. The minimum absolute atomic E-state index is 0.129. The van der Waals surface area contributed by atoms with Crippen LogP contribution in [0.1, 0.15) is 24.2 Å². The van der Waals surface area contributed by atoms with Gasteiger partial charge in [0.05, 0.1) is 36.0 Å². The summed E-state index contributed by atoms with van der Waals surface area (Å²) in [6.45, 7) is 3.78. The molecule has 1 fully saturated rings. The van der Waals surface area contributed by atoms with E-state index in [9.17, 15) is 22.8 Å². The Bertz CT molecular complexity index is 1760. The van der Waals surface area contributed by atoms with Crippen LogP contribution in [0, 0.1) is 6.92 Å². The van der Waals surface area contributed by atoms with Crippen LogP contribution in [0.2, 0.25) is 0 Å². The number of thioether (sulfide) groups is 1. The Kier molecular flexibility index (Phi) is 9.11. The van der Waals surface area contributed by atoms with E-state index in [4.69, 9.17) is 9.47 Å². The Balaban J connectivity index is 1.34. The average Bonchev–Trinajstić information content (AvgIpc) is 3.63. The lowest BCUT2D eigenvalue weighted by atomic mass is 10.0. The third-order valence-corrected chi connectivity index (χ3v) is 7.63. The predicted octanol–water partition coefficient (Wildman–Crippen LogP) is 6.53. The molecule has 3 amide bonds. The van der Waals surface area contributed by atoms with E-state index in [-0.39, 0.29) is 28.7 Å². The molecule has 15 heteroatoms. The van der Waals surface area contributed by atoms with E-state index < -0.39 is 12.4 Å². The van der Waals surface area contributed by atoms with E-state index in [0.717, 1.165) is 22.9 Å². The minimum Gasteiger partial charge on any atom is -0.495 e. The van der Waals surface area contributed by atoms with Crippen molar-refractivity contribution in [1.29, 1.82) is 0 Å². The summed E-state index contributed by atoms with van der Waals surface area (Å²) >= 11 is 1.16. The van der Waals surface area contributed by atoms with Crippen LogP contribution in [0.3, 0.4) is 0 Å². The topological polar surface area (TPSA) is 120 Å². The van der Waals surface area contributed by atoms with E-state index in [0.29, 0.717) is 34.2 Å². The molecule has 45 heavy (non-hydrogen) atoms. The first-order valence-corrected chi connectivity index (χ1v) is 14.4. The minimum atomic E-state index is -4.79. The van der Waals surface area contributed by atoms with E-state index >= 15 is 0 Å². The van der Waals surface area contributed by atoms with Crippen molar-refractivity contribution < 1.29 is 37.0 Å². The van der Waals surface area contributed by atoms with Gasteiger partial charge in [-0.3, -0.25) is 9.69 Å². The van der Waals surface area contributed by atoms with Crippen LogP contribution < -0.4 is 19.7 Å². The molecule has 1 unspecified atom stereocenters. The van der Waals surface area contributed by atoms with Crippen molar-refractivity contribution in [2.24, 2.45) is 4.99 Å². The number of urea groups is 1. The Morgan fingerprint density at radius 1 is 1.09 bits per heavy atom. The second-order valence-electron chi connectivity index (χ2n) is 9.75. The number of aliphatic imine (C=N–C) groups is 1. The molecule has 0 radical (unpaired) electrons. The van der Waals surface area contributed by atoms with Crippen LogP contribution >= 0.6 is 11.8 Å². The molecule has 5 rings (SSSR count). The summed E-state index contributed by atoms with van der Waals surface area (Å²) in [6.07, 6.45) is -3.67. The number of carbonyl (C=O) groups excluding carboxylic acids is 2. The largest absolute Gasteiger partial charge is 0.573 e. The van der Waals surface area contributed by atoms with Crippen molar-refractivity contribution in [3.63, 3.8) is 0 Å². The molecule has 0 saturated carbocycles. The van der Waals surface area contributed by atoms with Crippen LogP contribution in [0.5, 0.6) is 11.5 Å². The molecule has 3 aromatic carbocycles. The fourth-order valence-electron chi connectivity index (χ4n) is 4.48. The van der Waals surface area contributed by atoms with Crippen molar-refractivity contribution in [3.05, 3.63) is 78.1 Å². The summed E-state index contributed by atoms with van der Waals surface area (Å²) in [5.74, 6) is 0.168. The first-order chi connectivity index (χ1) is 21.5. The van der Waals surface area contributed by atoms with Gasteiger partial charge in [-0.15, -0.1) is 18.3 Å². The first kappa shape index (κ1) is 31.5. The molecule has 1 atom stereocenters. The normalized spacial score (nSPS) is 15.0. The zero-order chi connectivity index (χ0) is 32.3. The van der Waals surface area contributed by atoms with Crippen LogP contribution in [0.25, 0.3) is 17.1 Å². The van der Waals surface area contributed by atoms with Crippen molar-refractivity contribution in [1.82, 2.24) is 14.8 Å². The fourth-order valence-corrected chi connectivity index (χ4v) is 5.34. The number of benzene rings is 3. The number of anilines is 2. The number of nitrogens with one attached hydrogen (secondary N) is 1. The molecule has 0 aliphatic carbocycles. The van der Waals surface area contributed by atoms with E-state index in [1.165, 1.54) is 47.3 Å². The van der Waals surface area contributed by atoms with Gasteiger partial charge in [0.15, 0.2) is 11.0 Å². The summed E-state index contributed by atoms with van der Waals surface area (Å²) in [5.41, 5.74) is 3.65. The van der Waals surface area contributed by atoms with Gasteiger partial charge in [-0.25, -0.2) is 14.5 Å². The number of amidine groups is 1. The smallest absolute Gasteiger partial charge is 0.495 e. The SMILES string of the molecule is COc1cc(-c2ncn(-c3ccc(OC(F)(F)F)cc3)n2)ccc1NC(=O)/N=C1\SCC(=O)N1c1cc(C)ccc1C(C)OC. The molecule has 1 N–H and O–H groups in total. The number of halogens is 3. The molecule has 0 spiro atoms. The molecule has 234 valence electrons. The zero-order valence-corrected chi connectivity index (χ0v) is 25.3.